The summed E-state index contributed by atoms with van der Waals surface area (Å²) >= 11 is 5.56. The standard InChI is InChI=1S/C15H24ClNO2S/c1-11(2)13-6-7-15(14(10-13)12(3)4)17-20(18,19)9-5-8-16/h6-7,10-12,17H,5,8-9H2,1-4H3. The SMILES string of the molecule is CC(C)c1ccc(NS(=O)(=O)CCCCl)c(C(C)C)c1. The second kappa shape index (κ2) is 7.32. The van der Waals surface area contributed by atoms with E-state index in [0.29, 0.717) is 23.9 Å². The van der Waals surface area contributed by atoms with Crippen LogP contribution in [0.25, 0.3) is 0 Å². The fourth-order valence-corrected chi connectivity index (χ4v) is 3.41. The van der Waals surface area contributed by atoms with Gasteiger partial charge in [-0.05, 0) is 35.4 Å². The summed E-state index contributed by atoms with van der Waals surface area (Å²) in [5.74, 6) is 1.10. The average molecular weight is 318 g/mol. The van der Waals surface area contributed by atoms with Crippen molar-refractivity contribution in [2.45, 2.75) is 46.0 Å². The van der Waals surface area contributed by atoms with Crippen molar-refractivity contribution in [3.8, 4) is 0 Å². The molecule has 0 atom stereocenters. The molecule has 1 N–H and O–H groups in total. The third kappa shape index (κ3) is 4.98. The second-order valence-corrected chi connectivity index (χ2v) is 7.84. The third-order valence-electron chi connectivity index (χ3n) is 3.18. The molecule has 0 amide bonds. The Labute approximate surface area is 127 Å². The van der Waals surface area contributed by atoms with Crippen LogP contribution in [0.3, 0.4) is 0 Å². The van der Waals surface area contributed by atoms with Crippen molar-refractivity contribution in [3.05, 3.63) is 29.3 Å². The van der Waals surface area contributed by atoms with Crippen molar-refractivity contribution in [1.29, 1.82) is 0 Å². The van der Waals surface area contributed by atoms with Gasteiger partial charge in [0.1, 0.15) is 0 Å². The average Bonchev–Trinajstić information content (AvgIpc) is 2.36. The van der Waals surface area contributed by atoms with Crippen LogP contribution in [-0.4, -0.2) is 20.1 Å². The van der Waals surface area contributed by atoms with Gasteiger partial charge >= 0.3 is 0 Å². The lowest BCUT2D eigenvalue weighted by Crippen LogP contribution is -2.18. The van der Waals surface area contributed by atoms with Crippen molar-refractivity contribution in [1.82, 2.24) is 0 Å². The van der Waals surface area contributed by atoms with Crippen molar-refractivity contribution in [2.75, 3.05) is 16.4 Å². The molecular weight excluding hydrogens is 294 g/mol. The van der Waals surface area contributed by atoms with Gasteiger partial charge in [-0.25, -0.2) is 8.42 Å². The van der Waals surface area contributed by atoms with Crippen LogP contribution in [0.5, 0.6) is 0 Å². The van der Waals surface area contributed by atoms with Crippen LogP contribution in [0, 0.1) is 0 Å². The number of benzene rings is 1. The van der Waals surface area contributed by atoms with Gasteiger partial charge in [-0.15, -0.1) is 11.6 Å². The highest BCUT2D eigenvalue weighted by atomic mass is 35.5. The number of alkyl halides is 1. The first-order chi connectivity index (χ1) is 9.26. The molecule has 1 rings (SSSR count). The van der Waals surface area contributed by atoms with E-state index in [1.54, 1.807) is 0 Å². The minimum absolute atomic E-state index is 0.0555. The largest absolute Gasteiger partial charge is 0.283 e. The highest BCUT2D eigenvalue weighted by Gasteiger charge is 2.15. The van der Waals surface area contributed by atoms with E-state index in [-0.39, 0.29) is 11.7 Å². The number of hydrogen-bond donors (Lipinski definition) is 1. The maximum Gasteiger partial charge on any atom is 0.232 e. The third-order valence-corrected chi connectivity index (χ3v) is 4.80. The van der Waals surface area contributed by atoms with E-state index in [1.807, 2.05) is 12.1 Å². The van der Waals surface area contributed by atoms with Crippen molar-refractivity contribution in [3.63, 3.8) is 0 Å². The van der Waals surface area contributed by atoms with Gasteiger partial charge in [0.15, 0.2) is 0 Å². The summed E-state index contributed by atoms with van der Waals surface area (Å²) in [4.78, 5) is 0. The normalized spacial score (nSPS) is 12.2. The molecule has 0 radical (unpaired) electrons. The summed E-state index contributed by atoms with van der Waals surface area (Å²) < 4.78 is 26.6. The zero-order valence-electron chi connectivity index (χ0n) is 12.6. The van der Waals surface area contributed by atoms with Gasteiger partial charge in [-0.3, -0.25) is 4.72 Å². The molecule has 0 spiro atoms. The molecule has 114 valence electrons. The molecule has 5 heteroatoms. The zero-order chi connectivity index (χ0) is 15.3. The Morgan fingerprint density at radius 2 is 1.80 bits per heavy atom. The molecule has 0 aromatic heterocycles. The van der Waals surface area contributed by atoms with E-state index in [1.165, 1.54) is 5.56 Å². The number of rotatable bonds is 7. The van der Waals surface area contributed by atoms with E-state index in [0.717, 1.165) is 5.56 Å². The summed E-state index contributed by atoms with van der Waals surface area (Å²) in [5.41, 5.74) is 2.93. The monoisotopic (exact) mass is 317 g/mol. The van der Waals surface area contributed by atoms with Crippen molar-refractivity contribution >= 4 is 27.3 Å². The minimum Gasteiger partial charge on any atom is -0.283 e. The summed E-state index contributed by atoms with van der Waals surface area (Å²) in [6.45, 7) is 8.39. The molecule has 0 bridgehead atoms. The lowest BCUT2D eigenvalue weighted by atomic mass is 9.94. The summed E-state index contributed by atoms with van der Waals surface area (Å²) in [6.07, 6.45) is 0.456. The maximum atomic E-state index is 12.0. The molecular formula is C15H24ClNO2S. The topological polar surface area (TPSA) is 46.2 Å². The quantitative estimate of drug-likeness (QED) is 0.762. The number of nitrogens with one attached hydrogen (secondary N) is 1. The first kappa shape index (κ1) is 17.3. The van der Waals surface area contributed by atoms with E-state index in [4.69, 9.17) is 11.6 Å². The Bertz CT molecular complexity index is 539. The second-order valence-electron chi connectivity index (χ2n) is 5.62. The molecule has 0 saturated carbocycles. The van der Waals surface area contributed by atoms with E-state index >= 15 is 0 Å². The molecule has 1 aromatic rings. The zero-order valence-corrected chi connectivity index (χ0v) is 14.2. The van der Waals surface area contributed by atoms with E-state index < -0.39 is 10.0 Å². The molecule has 0 unspecified atom stereocenters. The highest BCUT2D eigenvalue weighted by molar-refractivity contribution is 7.92. The number of hydrogen-bond acceptors (Lipinski definition) is 2. The van der Waals surface area contributed by atoms with Crippen LogP contribution in [-0.2, 0) is 10.0 Å². The molecule has 0 aliphatic rings. The number of anilines is 1. The molecule has 0 aliphatic heterocycles. The van der Waals surface area contributed by atoms with Gasteiger partial charge in [0.05, 0.1) is 11.4 Å². The van der Waals surface area contributed by atoms with Crippen LogP contribution in [0.2, 0.25) is 0 Å². The van der Waals surface area contributed by atoms with Crippen molar-refractivity contribution in [2.24, 2.45) is 0 Å². The molecule has 0 fully saturated rings. The van der Waals surface area contributed by atoms with Gasteiger partial charge in [0.2, 0.25) is 10.0 Å². The smallest absolute Gasteiger partial charge is 0.232 e. The molecule has 1 aromatic carbocycles. The first-order valence-electron chi connectivity index (χ1n) is 6.97. The lowest BCUT2D eigenvalue weighted by molar-refractivity contribution is 0.600. The Balaban J connectivity index is 3.06. The summed E-state index contributed by atoms with van der Waals surface area (Å²) in [5, 5.41) is 0. The van der Waals surface area contributed by atoms with E-state index in [9.17, 15) is 8.42 Å². The Hall–Kier alpha value is -0.740. The number of sulfonamides is 1. The van der Waals surface area contributed by atoms with Gasteiger partial charge < -0.3 is 0 Å². The maximum absolute atomic E-state index is 12.0. The lowest BCUT2D eigenvalue weighted by Gasteiger charge is -2.17. The predicted octanol–water partition coefficient (Wildman–Crippen LogP) is 4.30. The first-order valence-corrected chi connectivity index (χ1v) is 9.15. The molecule has 0 heterocycles. The highest BCUT2D eigenvalue weighted by Crippen LogP contribution is 2.29. The minimum atomic E-state index is -3.32. The van der Waals surface area contributed by atoms with Gasteiger partial charge in [-0.1, -0.05) is 39.8 Å². The number of halogens is 1. The van der Waals surface area contributed by atoms with Crippen LogP contribution < -0.4 is 4.72 Å². The van der Waals surface area contributed by atoms with Gasteiger partial charge in [0.25, 0.3) is 0 Å². The van der Waals surface area contributed by atoms with E-state index in [2.05, 4.69) is 38.5 Å². The fourth-order valence-electron chi connectivity index (χ4n) is 1.97. The summed E-state index contributed by atoms with van der Waals surface area (Å²) in [7, 11) is -3.32. The van der Waals surface area contributed by atoms with Crippen LogP contribution >= 0.6 is 11.6 Å². The predicted molar refractivity (Wildman–Crippen MR) is 87.4 cm³/mol. The molecule has 0 aliphatic carbocycles. The Morgan fingerprint density at radius 1 is 1.15 bits per heavy atom. The molecule has 20 heavy (non-hydrogen) atoms. The Morgan fingerprint density at radius 3 is 2.30 bits per heavy atom. The molecule has 0 saturated heterocycles. The van der Waals surface area contributed by atoms with Crippen LogP contribution in [0.4, 0.5) is 5.69 Å². The Kier molecular flexibility index (Phi) is 6.34. The molecule has 3 nitrogen and oxygen atoms in total. The summed E-state index contributed by atoms with van der Waals surface area (Å²) in [6, 6.07) is 5.94. The van der Waals surface area contributed by atoms with Gasteiger partial charge in [-0.2, -0.15) is 0 Å². The van der Waals surface area contributed by atoms with Gasteiger partial charge in [0, 0.05) is 5.88 Å². The van der Waals surface area contributed by atoms with Crippen LogP contribution in [0.1, 0.15) is 57.1 Å². The van der Waals surface area contributed by atoms with Crippen molar-refractivity contribution < 1.29 is 8.42 Å². The fraction of sp³-hybridized carbons (Fsp3) is 0.600. The van der Waals surface area contributed by atoms with Crippen LogP contribution in [0.15, 0.2) is 18.2 Å².